The number of fused-ring (bicyclic) bond motifs is 3. The molecule has 0 radical (unpaired) electrons. The van der Waals surface area contributed by atoms with Crippen molar-refractivity contribution in [1.82, 2.24) is 4.57 Å². The van der Waals surface area contributed by atoms with Crippen molar-refractivity contribution in [3.05, 3.63) is 52.8 Å². The number of aromatic nitrogens is 1. The van der Waals surface area contributed by atoms with E-state index >= 15 is 0 Å². The van der Waals surface area contributed by atoms with Crippen LogP contribution in [0.2, 0.25) is 0 Å². The van der Waals surface area contributed by atoms with Gasteiger partial charge in [-0.2, -0.15) is 0 Å². The van der Waals surface area contributed by atoms with Crippen molar-refractivity contribution >= 4 is 27.6 Å². The van der Waals surface area contributed by atoms with Gasteiger partial charge in [0.1, 0.15) is 5.75 Å². The number of rotatable bonds is 1. The highest BCUT2D eigenvalue weighted by atomic mass is 16.5. The van der Waals surface area contributed by atoms with E-state index < -0.39 is 5.97 Å². The highest BCUT2D eigenvalue weighted by Crippen LogP contribution is 2.28. The third kappa shape index (κ3) is 1.77. The van der Waals surface area contributed by atoms with Crippen LogP contribution in [0.3, 0.4) is 0 Å². The van der Waals surface area contributed by atoms with E-state index in [1.807, 2.05) is 30.3 Å². The molecule has 1 heterocycles. The second kappa shape index (κ2) is 4.49. The maximum absolute atomic E-state index is 12.5. The van der Waals surface area contributed by atoms with Crippen molar-refractivity contribution in [3.63, 3.8) is 0 Å². The predicted octanol–water partition coefficient (Wildman–Crippen LogP) is 2.62. The van der Waals surface area contributed by atoms with E-state index in [1.54, 1.807) is 23.7 Å². The number of esters is 1. The lowest BCUT2D eigenvalue weighted by Gasteiger charge is -2.11. The van der Waals surface area contributed by atoms with Crippen molar-refractivity contribution in [2.75, 3.05) is 0 Å². The van der Waals surface area contributed by atoms with E-state index in [0.29, 0.717) is 11.1 Å². The fourth-order valence-electron chi connectivity index (χ4n) is 2.49. The highest BCUT2D eigenvalue weighted by molar-refractivity contribution is 6.07. The summed E-state index contributed by atoms with van der Waals surface area (Å²) >= 11 is 0. The summed E-state index contributed by atoms with van der Waals surface area (Å²) in [6.07, 6.45) is 0. The SMILES string of the molecule is CC(=O)Oc1cccc2c1c(=O)n(C)c1ccccc21. The lowest BCUT2D eigenvalue weighted by molar-refractivity contribution is -0.131. The van der Waals surface area contributed by atoms with Crippen LogP contribution in [0.4, 0.5) is 0 Å². The second-order valence-electron chi connectivity index (χ2n) is 4.65. The largest absolute Gasteiger partial charge is 0.426 e. The number of para-hydroxylation sites is 1. The van der Waals surface area contributed by atoms with Gasteiger partial charge in [-0.25, -0.2) is 0 Å². The quantitative estimate of drug-likeness (QED) is 0.387. The van der Waals surface area contributed by atoms with Gasteiger partial charge in [0.25, 0.3) is 5.56 Å². The summed E-state index contributed by atoms with van der Waals surface area (Å²) in [5.41, 5.74) is 0.681. The molecule has 0 saturated heterocycles. The summed E-state index contributed by atoms with van der Waals surface area (Å²) in [4.78, 5) is 23.7. The lowest BCUT2D eigenvalue weighted by Crippen LogP contribution is -2.18. The number of nitrogens with zero attached hydrogens (tertiary/aromatic N) is 1. The molecule has 0 spiro atoms. The Morgan fingerprint density at radius 2 is 1.75 bits per heavy atom. The van der Waals surface area contributed by atoms with Gasteiger partial charge in [-0.05, 0) is 12.1 Å². The van der Waals surface area contributed by atoms with E-state index in [-0.39, 0.29) is 5.56 Å². The number of ether oxygens (including phenoxy) is 1. The zero-order valence-electron chi connectivity index (χ0n) is 11.2. The molecule has 0 fully saturated rings. The van der Waals surface area contributed by atoms with E-state index in [9.17, 15) is 9.59 Å². The van der Waals surface area contributed by atoms with Crippen LogP contribution in [0, 0.1) is 0 Å². The van der Waals surface area contributed by atoms with Gasteiger partial charge in [0, 0.05) is 24.7 Å². The van der Waals surface area contributed by atoms with Gasteiger partial charge in [0.15, 0.2) is 0 Å². The average Bonchev–Trinajstić information content (AvgIpc) is 2.44. The summed E-state index contributed by atoms with van der Waals surface area (Å²) in [5, 5.41) is 2.19. The van der Waals surface area contributed by atoms with Crippen LogP contribution in [-0.2, 0) is 11.8 Å². The fraction of sp³-hybridized carbons (Fsp3) is 0.125. The Hall–Kier alpha value is -2.62. The first-order valence-corrected chi connectivity index (χ1v) is 6.28. The van der Waals surface area contributed by atoms with Crippen LogP contribution in [0.25, 0.3) is 21.7 Å². The third-order valence-electron chi connectivity index (χ3n) is 3.35. The van der Waals surface area contributed by atoms with Gasteiger partial charge < -0.3 is 9.30 Å². The van der Waals surface area contributed by atoms with Crippen molar-refractivity contribution < 1.29 is 9.53 Å². The van der Waals surface area contributed by atoms with Gasteiger partial charge in [0.05, 0.1) is 10.9 Å². The number of benzene rings is 2. The summed E-state index contributed by atoms with van der Waals surface area (Å²) in [6.45, 7) is 1.32. The molecular formula is C16H13NO3. The molecule has 0 aliphatic rings. The minimum absolute atomic E-state index is 0.171. The molecule has 100 valence electrons. The Bertz CT molecular complexity index is 893. The molecule has 4 nitrogen and oxygen atoms in total. The molecule has 0 atom stereocenters. The number of aryl methyl sites for hydroxylation is 1. The predicted molar refractivity (Wildman–Crippen MR) is 78.0 cm³/mol. The number of pyridine rings is 1. The number of hydrogen-bond acceptors (Lipinski definition) is 3. The van der Waals surface area contributed by atoms with Crippen LogP contribution >= 0.6 is 0 Å². The van der Waals surface area contributed by atoms with E-state index in [1.165, 1.54) is 6.92 Å². The standard InChI is InChI=1S/C16H13NO3/c1-10(18)20-14-9-5-7-12-11-6-3-4-8-13(11)17(2)16(19)15(12)14/h3-9H,1-2H3. The Labute approximate surface area is 115 Å². The molecule has 0 unspecified atom stereocenters. The molecule has 0 aliphatic heterocycles. The third-order valence-corrected chi connectivity index (χ3v) is 3.35. The Morgan fingerprint density at radius 1 is 1.05 bits per heavy atom. The average molecular weight is 267 g/mol. The molecule has 0 aliphatic carbocycles. The molecular weight excluding hydrogens is 254 g/mol. The Balaban J connectivity index is 2.54. The van der Waals surface area contributed by atoms with Gasteiger partial charge in [0.2, 0.25) is 0 Å². The normalized spacial score (nSPS) is 10.9. The molecule has 0 bridgehead atoms. The molecule has 3 rings (SSSR count). The van der Waals surface area contributed by atoms with Crippen LogP contribution < -0.4 is 10.3 Å². The minimum Gasteiger partial charge on any atom is -0.426 e. The topological polar surface area (TPSA) is 48.3 Å². The minimum atomic E-state index is -0.437. The molecule has 0 amide bonds. The molecule has 0 N–H and O–H groups in total. The van der Waals surface area contributed by atoms with Crippen LogP contribution in [-0.4, -0.2) is 10.5 Å². The lowest BCUT2D eigenvalue weighted by atomic mass is 10.1. The van der Waals surface area contributed by atoms with Crippen LogP contribution in [0.5, 0.6) is 5.75 Å². The molecule has 1 aromatic heterocycles. The van der Waals surface area contributed by atoms with E-state index in [4.69, 9.17) is 4.74 Å². The summed E-state index contributed by atoms with van der Waals surface area (Å²) in [5.74, 6) is -0.130. The van der Waals surface area contributed by atoms with Gasteiger partial charge in [-0.1, -0.05) is 30.3 Å². The van der Waals surface area contributed by atoms with Crippen molar-refractivity contribution in [2.24, 2.45) is 7.05 Å². The molecule has 0 saturated carbocycles. The Kier molecular flexibility index (Phi) is 2.79. The summed E-state index contributed by atoms with van der Waals surface area (Å²) in [7, 11) is 1.72. The summed E-state index contributed by atoms with van der Waals surface area (Å²) < 4.78 is 6.73. The second-order valence-corrected chi connectivity index (χ2v) is 4.65. The number of carbonyl (C=O) groups is 1. The van der Waals surface area contributed by atoms with Crippen LogP contribution in [0.1, 0.15) is 6.92 Å². The smallest absolute Gasteiger partial charge is 0.308 e. The first-order valence-electron chi connectivity index (χ1n) is 6.28. The number of carbonyl (C=O) groups excluding carboxylic acids is 1. The maximum Gasteiger partial charge on any atom is 0.308 e. The van der Waals surface area contributed by atoms with E-state index in [2.05, 4.69) is 0 Å². The van der Waals surface area contributed by atoms with Crippen molar-refractivity contribution in [3.8, 4) is 5.75 Å². The fourth-order valence-corrected chi connectivity index (χ4v) is 2.49. The van der Waals surface area contributed by atoms with Gasteiger partial charge in [-0.3, -0.25) is 9.59 Å². The van der Waals surface area contributed by atoms with E-state index in [0.717, 1.165) is 16.3 Å². The first-order chi connectivity index (χ1) is 9.59. The molecule has 3 aromatic rings. The van der Waals surface area contributed by atoms with Gasteiger partial charge >= 0.3 is 5.97 Å². The zero-order chi connectivity index (χ0) is 14.3. The number of hydrogen-bond donors (Lipinski definition) is 0. The maximum atomic E-state index is 12.5. The zero-order valence-corrected chi connectivity index (χ0v) is 11.2. The van der Waals surface area contributed by atoms with Crippen molar-refractivity contribution in [2.45, 2.75) is 6.92 Å². The van der Waals surface area contributed by atoms with Crippen molar-refractivity contribution in [1.29, 1.82) is 0 Å². The monoisotopic (exact) mass is 267 g/mol. The first kappa shape index (κ1) is 12.4. The molecule has 4 heteroatoms. The van der Waals surface area contributed by atoms with Crippen LogP contribution in [0.15, 0.2) is 47.3 Å². The van der Waals surface area contributed by atoms with Gasteiger partial charge in [-0.15, -0.1) is 0 Å². The molecule has 20 heavy (non-hydrogen) atoms. The Morgan fingerprint density at radius 3 is 2.50 bits per heavy atom. The summed E-state index contributed by atoms with van der Waals surface area (Å²) in [6, 6.07) is 13.0. The highest BCUT2D eigenvalue weighted by Gasteiger charge is 2.13. The molecule has 2 aromatic carbocycles.